The Labute approximate surface area is 118 Å². The molecule has 1 N–H and O–H groups in total. The average molecular weight is 277 g/mol. The molecule has 1 amide bonds. The van der Waals surface area contributed by atoms with Crippen LogP contribution in [0.5, 0.6) is 0 Å². The van der Waals surface area contributed by atoms with E-state index in [1.807, 2.05) is 37.3 Å². The molecule has 108 valence electrons. The molecule has 0 saturated carbocycles. The summed E-state index contributed by atoms with van der Waals surface area (Å²) in [6.07, 6.45) is 1.08. The maximum Gasteiger partial charge on any atom is 0.410 e. The maximum atomic E-state index is 12.1. The van der Waals surface area contributed by atoms with E-state index in [1.54, 1.807) is 0 Å². The lowest BCUT2D eigenvalue weighted by atomic mass is 9.91. The molecule has 1 saturated heterocycles. The van der Waals surface area contributed by atoms with Gasteiger partial charge in [0.05, 0.1) is 0 Å². The highest BCUT2D eigenvalue weighted by Gasteiger charge is 2.37. The monoisotopic (exact) mass is 277 g/mol. The first-order chi connectivity index (χ1) is 9.59. The number of carboxylic acids is 1. The van der Waals surface area contributed by atoms with Gasteiger partial charge in [-0.3, -0.25) is 4.90 Å². The highest BCUT2D eigenvalue weighted by molar-refractivity contribution is 5.80. The number of amides is 1. The second-order valence-corrected chi connectivity index (χ2v) is 5.14. The van der Waals surface area contributed by atoms with Gasteiger partial charge in [-0.05, 0) is 24.3 Å². The summed E-state index contributed by atoms with van der Waals surface area (Å²) in [6.45, 7) is 2.46. The van der Waals surface area contributed by atoms with E-state index in [0.717, 1.165) is 18.4 Å². The summed E-state index contributed by atoms with van der Waals surface area (Å²) in [5, 5.41) is 9.26. The molecule has 5 nitrogen and oxygen atoms in total. The Bertz CT molecular complexity index is 474. The summed E-state index contributed by atoms with van der Waals surface area (Å²) < 4.78 is 5.22. The molecular formula is C15H19NO4. The van der Waals surface area contributed by atoms with E-state index in [0.29, 0.717) is 6.54 Å². The van der Waals surface area contributed by atoms with Crippen LogP contribution in [0.1, 0.15) is 25.3 Å². The van der Waals surface area contributed by atoms with Crippen LogP contribution in [0.4, 0.5) is 4.79 Å². The highest BCUT2D eigenvalue weighted by Crippen LogP contribution is 2.24. The first-order valence-corrected chi connectivity index (χ1v) is 6.79. The molecule has 0 unspecified atom stereocenters. The fraction of sp³-hybridized carbons (Fsp3) is 0.467. The molecule has 5 heteroatoms. The van der Waals surface area contributed by atoms with E-state index in [-0.39, 0.29) is 12.5 Å². The normalized spacial score (nSPS) is 22.4. The van der Waals surface area contributed by atoms with Crippen LogP contribution in [0.15, 0.2) is 30.3 Å². The Hall–Kier alpha value is -2.04. The zero-order valence-electron chi connectivity index (χ0n) is 11.5. The summed E-state index contributed by atoms with van der Waals surface area (Å²) >= 11 is 0. The molecule has 0 aliphatic carbocycles. The second kappa shape index (κ2) is 6.41. The fourth-order valence-electron chi connectivity index (χ4n) is 2.57. The lowest BCUT2D eigenvalue weighted by molar-refractivity contribution is -0.146. The van der Waals surface area contributed by atoms with Crippen molar-refractivity contribution in [2.45, 2.75) is 32.4 Å². The molecule has 1 fully saturated rings. The van der Waals surface area contributed by atoms with E-state index in [2.05, 4.69) is 0 Å². The molecule has 1 aromatic rings. The number of carbonyl (C=O) groups is 2. The molecule has 2 atom stereocenters. The van der Waals surface area contributed by atoms with E-state index < -0.39 is 18.1 Å². The topological polar surface area (TPSA) is 66.8 Å². The van der Waals surface area contributed by atoms with Crippen molar-refractivity contribution in [2.75, 3.05) is 6.54 Å². The Morgan fingerprint density at radius 3 is 2.70 bits per heavy atom. The van der Waals surface area contributed by atoms with Gasteiger partial charge in [-0.15, -0.1) is 0 Å². The molecule has 2 rings (SSSR count). The van der Waals surface area contributed by atoms with Gasteiger partial charge >= 0.3 is 12.1 Å². The minimum Gasteiger partial charge on any atom is -0.480 e. The predicted octanol–water partition coefficient (Wildman–Crippen LogP) is 2.51. The van der Waals surface area contributed by atoms with E-state index >= 15 is 0 Å². The molecule has 1 aliphatic heterocycles. The lowest BCUT2D eigenvalue weighted by Crippen LogP contribution is -2.52. The number of benzene rings is 1. The number of ether oxygens (including phenoxy) is 1. The van der Waals surface area contributed by atoms with Crippen LogP contribution in [0, 0.1) is 5.92 Å². The Morgan fingerprint density at radius 2 is 2.05 bits per heavy atom. The fourth-order valence-corrected chi connectivity index (χ4v) is 2.57. The first-order valence-electron chi connectivity index (χ1n) is 6.79. The van der Waals surface area contributed by atoms with Gasteiger partial charge in [-0.25, -0.2) is 9.59 Å². The Morgan fingerprint density at radius 1 is 1.35 bits per heavy atom. The molecule has 0 radical (unpaired) electrons. The van der Waals surface area contributed by atoms with Crippen LogP contribution in [0.2, 0.25) is 0 Å². The number of nitrogens with zero attached hydrogens (tertiary/aromatic N) is 1. The van der Waals surface area contributed by atoms with Crippen molar-refractivity contribution in [1.29, 1.82) is 0 Å². The van der Waals surface area contributed by atoms with Crippen molar-refractivity contribution in [2.24, 2.45) is 5.92 Å². The maximum absolute atomic E-state index is 12.1. The number of hydrogen-bond acceptors (Lipinski definition) is 3. The Balaban J connectivity index is 1.98. The summed E-state index contributed by atoms with van der Waals surface area (Å²) in [5.41, 5.74) is 0.887. The third kappa shape index (κ3) is 3.29. The van der Waals surface area contributed by atoms with Crippen molar-refractivity contribution in [3.8, 4) is 0 Å². The molecule has 0 aromatic heterocycles. The Kier molecular flexibility index (Phi) is 4.61. The number of piperidine rings is 1. The van der Waals surface area contributed by atoms with Gasteiger partial charge in [0, 0.05) is 6.54 Å². The standard InChI is InChI=1S/C15H19NO4/c1-11-6-5-9-16(13(11)14(17)18)15(19)20-10-12-7-3-2-4-8-12/h2-4,7-8,11,13H,5-6,9-10H2,1H3,(H,17,18)/t11-,13+/m0/s1. The van der Waals surface area contributed by atoms with Crippen LogP contribution in [-0.4, -0.2) is 34.7 Å². The van der Waals surface area contributed by atoms with Gasteiger partial charge in [-0.1, -0.05) is 37.3 Å². The van der Waals surface area contributed by atoms with Crippen molar-refractivity contribution in [1.82, 2.24) is 4.90 Å². The van der Waals surface area contributed by atoms with Crippen molar-refractivity contribution in [3.05, 3.63) is 35.9 Å². The molecular weight excluding hydrogens is 258 g/mol. The van der Waals surface area contributed by atoms with Gasteiger partial charge in [0.25, 0.3) is 0 Å². The van der Waals surface area contributed by atoms with Gasteiger partial charge in [-0.2, -0.15) is 0 Å². The van der Waals surface area contributed by atoms with E-state index in [4.69, 9.17) is 4.74 Å². The van der Waals surface area contributed by atoms with Gasteiger partial charge in [0.2, 0.25) is 0 Å². The number of carboxylic acid groups (broad SMARTS) is 1. The van der Waals surface area contributed by atoms with Crippen LogP contribution in [-0.2, 0) is 16.1 Å². The zero-order chi connectivity index (χ0) is 14.5. The van der Waals surface area contributed by atoms with Crippen LogP contribution in [0.25, 0.3) is 0 Å². The van der Waals surface area contributed by atoms with E-state index in [1.165, 1.54) is 4.90 Å². The minimum atomic E-state index is -0.964. The minimum absolute atomic E-state index is 0.0504. The van der Waals surface area contributed by atoms with Gasteiger partial charge in [0.15, 0.2) is 0 Å². The number of rotatable bonds is 3. The molecule has 1 heterocycles. The molecule has 20 heavy (non-hydrogen) atoms. The molecule has 0 bridgehead atoms. The number of hydrogen-bond donors (Lipinski definition) is 1. The van der Waals surface area contributed by atoms with Gasteiger partial charge in [0.1, 0.15) is 12.6 Å². The number of aliphatic carboxylic acids is 1. The predicted molar refractivity (Wildman–Crippen MR) is 73.2 cm³/mol. The van der Waals surface area contributed by atoms with Gasteiger partial charge < -0.3 is 9.84 Å². The smallest absolute Gasteiger partial charge is 0.410 e. The molecule has 0 spiro atoms. The molecule has 1 aromatic carbocycles. The second-order valence-electron chi connectivity index (χ2n) is 5.14. The average Bonchev–Trinajstić information content (AvgIpc) is 2.45. The largest absolute Gasteiger partial charge is 0.480 e. The highest BCUT2D eigenvalue weighted by atomic mass is 16.6. The van der Waals surface area contributed by atoms with Crippen LogP contribution >= 0.6 is 0 Å². The summed E-state index contributed by atoms with van der Waals surface area (Å²) in [5.74, 6) is -1.01. The third-order valence-electron chi connectivity index (χ3n) is 3.63. The van der Waals surface area contributed by atoms with E-state index in [9.17, 15) is 14.7 Å². The third-order valence-corrected chi connectivity index (χ3v) is 3.63. The van der Waals surface area contributed by atoms with Crippen LogP contribution < -0.4 is 0 Å². The zero-order valence-corrected chi connectivity index (χ0v) is 11.5. The van der Waals surface area contributed by atoms with Crippen molar-refractivity contribution < 1.29 is 19.4 Å². The lowest BCUT2D eigenvalue weighted by Gasteiger charge is -2.36. The number of carbonyl (C=O) groups excluding carboxylic acids is 1. The van der Waals surface area contributed by atoms with Crippen LogP contribution in [0.3, 0.4) is 0 Å². The molecule has 1 aliphatic rings. The summed E-state index contributed by atoms with van der Waals surface area (Å²) in [6, 6.07) is 8.56. The summed E-state index contributed by atoms with van der Waals surface area (Å²) in [4.78, 5) is 24.7. The first kappa shape index (κ1) is 14.4. The summed E-state index contributed by atoms with van der Waals surface area (Å²) in [7, 11) is 0. The number of likely N-dealkylation sites (tertiary alicyclic amines) is 1. The van der Waals surface area contributed by atoms with Crippen molar-refractivity contribution in [3.63, 3.8) is 0 Å². The van der Waals surface area contributed by atoms with Crippen molar-refractivity contribution >= 4 is 12.1 Å². The SMILES string of the molecule is C[C@H]1CCCN(C(=O)OCc2ccccc2)[C@H]1C(=O)O. The quantitative estimate of drug-likeness (QED) is 0.921.